The first kappa shape index (κ1) is 13.9. The predicted molar refractivity (Wildman–Crippen MR) is 66.9 cm³/mol. The molecule has 1 rings (SSSR count). The molecule has 5 heteroatoms. The first-order valence-electron chi connectivity index (χ1n) is 6.09. The molecule has 1 aliphatic rings. The molecule has 1 atom stereocenters. The van der Waals surface area contributed by atoms with Gasteiger partial charge in [0.25, 0.3) is 0 Å². The number of nitrogens with zero attached hydrogens (tertiary/aromatic N) is 1. The van der Waals surface area contributed by atoms with Crippen molar-refractivity contribution in [2.45, 2.75) is 39.2 Å². The molecule has 16 heavy (non-hydrogen) atoms. The number of nitrogens with one attached hydrogen (secondary N) is 1. The Kier molecular flexibility index (Phi) is 5.21. The van der Waals surface area contributed by atoms with Crippen LogP contribution in [-0.2, 0) is 10.0 Å². The van der Waals surface area contributed by atoms with Crippen molar-refractivity contribution in [2.24, 2.45) is 5.92 Å². The van der Waals surface area contributed by atoms with Gasteiger partial charge < -0.3 is 5.32 Å². The van der Waals surface area contributed by atoms with E-state index in [2.05, 4.69) is 19.2 Å². The maximum absolute atomic E-state index is 12.0. The van der Waals surface area contributed by atoms with E-state index in [1.807, 2.05) is 0 Å². The van der Waals surface area contributed by atoms with E-state index in [-0.39, 0.29) is 11.8 Å². The molecular formula is C11H24N2O2S. The molecule has 1 N–H and O–H groups in total. The van der Waals surface area contributed by atoms with Gasteiger partial charge in [0.2, 0.25) is 10.0 Å². The maximum atomic E-state index is 12.0. The van der Waals surface area contributed by atoms with Crippen LogP contribution < -0.4 is 5.32 Å². The third-order valence-electron chi connectivity index (χ3n) is 3.07. The number of rotatable bonds is 6. The third kappa shape index (κ3) is 4.39. The van der Waals surface area contributed by atoms with Crippen LogP contribution in [0.15, 0.2) is 0 Å². The topological polar surface area (TPSA) is 49.4 Å². The van der Waals surface area contributed by atoms with Gasteiger partial charge in [0, 0.05) is 19.6 Å². The highest BCUT2D eigenvalue weighted by atomic mass is 32.2. The molecule has 0 amide bonds. The average molecular weight is 248 g/mol. The second-order valence-electron chi connectivity index (χ2n) is 5.08. The Balaban J connectivity index is 2.42. The Bertz CT molecular complexity index is 295. The summed E-state index contributed by atoms with van der Waals surface area (Å²) < 4.78 is 25.5. The van der Waals surface area contributed by atoms with Gasteiger partial charge in [0.1, 0.15) is 0 Å². The van der Waals surface area contributed by atoms with E-state index in [9.17, 15) is 8.42 Å². The van der Waals surface area contributed by atoms with Gasteiger partial charge >= 0.3 is 0 Å². The van der Waals surface area contributed by atoms with E-state index < -0.39 is 10.0 Å². The smallest absolute Gasteiger partial charge is 0.215 e. The van der Waals surface area contributed by atoms with Crippen molar-refractivity contribution in [1.82, 2.24) is 9.62 Å². The van der Waals surface area contributed by atoms with Crippen LogP contribution in [0.5, 0.6) is 0 Å². The molecule has 0 bridgehead atoms. The van der Waals surface area contributed by atoms with Crippen molar-refractivity contribution in [3.05, 3.63) is 0 Å². The van der Waals surface area contributed by atoms with Crippen molar-refractivity contribution in [2.75, 3.05) is 25.9 Å². The molecule has 0 aromatic heterocycles. The molecule has 1 unspecified atom stereocenters. The number of hydrogen-bond acceptors (Lipinski definition) is 3. The fourth-order valence-electron chi connectivity index (χ4n) is 1.86. The molecule has 0 aromatic rings. The van der Waals surface area contributed by atoms with Crippen LogP contribution >= 0.6 is 0 Å². The minimum absolute atomic E-state index is 0.159. The SMILES string of the molecule is CC(C)CCN(C)S(=O)(=O)CC1CCCN1. The zero-order valence-corrected chi connectivity index (χ0v) is 11.4. The highest BCUT2D eigenvalue weighted by Crippen LogP contribution is 2.11. The standard InChI is InChI=1S/C11H24N2O2S/c1-10(2)6-8-13(3)16(14,15)9-11-5-4-7-12-11/h10-12H,4-9H2,1-3H3. The molecule has 96 valence electrons. The van der Waals surface area contributed by atoms with Crippen molar-refractivity contribution in [1.29, 1.82) is 0 Å². The quantitative estimate of drug-likeness (QED) is 0.764. The molecule has 0 radical (unpaired) electrons. The van der Waals surface area contributed by atoms with E-state index in [4.69, 9.17) is 0 Å². The van der Waals surface area contributed by atoms with Crippen LogP contribution in [0.3, 0.4) is 0 Å². The Morgan fingerprint density at radius 2 is 2.12 bits per heavy atom. The zero-order valence-electron chi connectivity index (χ0n) is 10.6. The molecule has 1 saturated heterocycles. The average Bonchev–Trinajstić information content (AvgIpc) is 2.65. The molecule has 0 aromatic carbocycles. The van der Waals surface area contributed by atoms with E-state index in [1.165, 1.54) is 4.31 Å². The fraction of sp³-hybridized carbons (Fsp3) is 1.00. The minimum atomic E-state index is -3.07. The second-order valence-corrected chi connectivity index (χ2v) is 7.20. The van der Waals surface area contributed by atoms with Gasteiger partial charge in [-0.25, -0.2) is 12.7 Å². The Morgan fingerprint density at radius 3 is 2.62 bits per heavy atom. The van der Waals surface area contributed by atoms with Gasteiger partial charge in [-0.15, -0.1) is 0 Å². The lowest BCUT2D eigenvalue weighted by Crippen LogP contribution is -2.38. The largest absolute Gasteiger partial charge is 0.313 e. The van der Waals surface area contributed by atoms with Crippen molar-refractivity contribution in [3.63, 3.8) is 0 Å². The molecular weight excluding hydrogens is 224 g/mol. The molecule has 4 nitrogen and oxygen atoms in total. The van der Waals surface area contributed by atoms with Crippen molar-refractivity contribution >= 4 is 10.0 Å². The van der Waals surface area contributed by atoms with Gasteiger partial charge in [-0.1, -0.05) is 13.8 Å². The van der Waals surface area contributed by atoms with Crippen LogP contribution in [0.2, 0.25) is 0 Å². The summed E-state index contributed by atoms with van der Waals surface area (Å²) in [6.07, 6.45) is 3.00. The molecule has 1 heterocycles. The van der Waals surface area contributed by atoms with Crippen molar-refractivity contribution in [3.8, 4) is 0 Å². The molecule has 0 spiro atoms. The van der Waals surface area contributed by atoms with E-state index in [0.717, 1.165) is 25.8 Å². The van der Waals surface area contributed by atoms with Crippen LogP contribution in [0.25, 0.3) is 0 Å². The van der Waals surface area contributed by atoms with Gasteiger partial charge in [-0.2, -0.15) is 0 Å². The predicted octanol–water partition coefficient (Wildman–Crippen LogP) is 1.05. The lowest BCUT2D eigenvalue weighted by molar-refractivity contribution is 0.424. The summed E-state index contributed by atoms with van der Waals surface area (Å²) in [5, 5.41) is 3.23. The summed E-state index contributed by atoms with van der Waals surface area (Å²) in [7, 11) is -1.38. The summed E-state index contributed by atoms with van der Waals surface area (Å²) >= 11 is 0. The Hall–Kier alpha value is -0.130. The third-order valence-corrected chi connectivity index (χ3v) is 5.03. The second kappa shape index (κ2) is 5.98. The Morgan fingerprint density at radius 1 is 1.44 bits per heavy atom. The normalized spacial score (nSPS) is 22.2. The first-order chi connectivity index (χ1) is 7.42. The molecule has 0 aliphatic carbocycles. The van der Waals surface area contributed by atoms with Crippen LogP contribution in [-0.4, -0.2) is 44.7 Å². The fourth-order valence-corrected chi connectivity index (χ4v) is 3.29. The van der Waals surface area contributed by atoms with Gasteiger partial charge in [-0.05, 0) is 31.7 Å². The summed E-state index contributed by atoms with van der Waals surface area (Å²) in [6.45, 7) is 5.81. The summed E-state index contributed by atoms with van der Waals surface area (Å²) in [5.41, 5.74) is 0. The van der Waals surface area contributed by atoms with E-state index in [1.54, 1.807) is 7.05 Å². The van der Waals surface area contributed by atoms with Crippen LogP contribution in [0.4, 0.5) is 0 Å². The van der Waals surface area contributed by atoms with E-state index in [0.29, 0.717) is 12.5 Å². The highest BCUT2D eigenvalue weighted by Gasteiger charge is 2.25. The van der Waals surface area contributed by atoms with Gasteiger partial charge in [0.05, 0.1) is 5.75 Å². The Labute approximate surface area is 99.5 Å². The van der Waals surface area contributed by atoms with Crippen LogP contribution in [0.1, 0.15) is 33.1 Å². The lowest BCUT2D eigenvalue weighted by Gasteiger charge is -2.20. The number of hydrogen-bond donors (Lipinski definition) is 1. The molecule has 0 saturated carbocycles. The summed E-state index contributed by atoms with van der Waals surface area (Å²) in [6, 6.07) is 0.159. The maximum Gasteiger partial charge on any atom is 0.215 e. The summed E-state index contributed by atoms with van der Waals surface area (Å²) in [5.74, 6) is 0.795. The molecule has 1 aliphatic heterocycles. The lowest BCUT2D eigenvalue weighted by atomic mass is 10.1. The van der Waals surface area contributed by atoms with Crippen LogP contribution in [0, 0.1) is 5.92 Å². The highest BCUT2D eigenvalue weighted by molar-refractivity contribution is 7.89. The van der Waals surface area contributed by atoms with Gasteiger partial charge in [0.15, 0.2) is 0 Å². The monoisotopic (exact) mass is 248 g/mol. The van der Waals surface area contributed by atoms with E-state index >= 15 is 0 Å². The van der Waals surface area contributed by atoms with Crippen molar-refractivity contribution < 1.29 is 8.42 Å². The minimum Gasteiger partial charge on any atom is -0.313 e. The zero-order chi connectivity index (χ0) is 12.2. The van der Waals surface area contributed by atoms with Gasteiger partial charge in [-0.3, -0.25) is 0 Å². The first-order valence-corrected chi connectivity index (χ1v) is 7.70. The molecule has 1 fully saturated rings. The summed E-state index contributed by atoms with van der Waals surface area (Å²) in [4.78, 5) is 0. The number of sulfonamides is 1.